The lowest BCUT2D eigenvalue weighted by molar-refractivity contribution is -0.120. The van der Waals surface area contributed by atoms with Gasteiger partial charge in [-0.05, 0) is 85.2 Å². The van der Waals surface area contributed by atoms with Gasteiger partial charge in [0.25, 0.3) is 11.8 Å². The van der Waals surface area contributed by atoms with Crippen molar-refractivity contribution in [2.45, 2.75) is 13.8 Å². The molecule has 0 aromatic heterocycles. The summed E-state index contributed by atoms with van der Waals surface area (Å²) in [4.78, 5) is 32.0. The molecule has 6 heteroatoms. The van der Waals surface area contributed by atoms with Gasteiger partial charge in [0.1, 0.15) is 5.57 Å². The van der Waals surface area contributed by atoms with Crippen molar-refractivity contribution in [2.75, 3.05) is 28.8 Å². The smallest absolute Gasteiger partial charge is 0.270 e. The molecule has 166 valence electrons. The zero-order valence-corrected chi connectivity index (χ0v) is 19.9. The van der Waals surface area contributed by atoms with Crippen LogP contribution in [0.5, 0.6) is 0 Å². The Morgan fingerprint density at radius 2 is 1.36 bits per heavy atom. The van der Waals surface area contributed by atoms with Gasteiger partial charge in [0.05, 0.1) is 11.4 Å². The van der Waals surface area contributed by atoms with Crippen LogP contribution in [0.15, 0.2) is 78.4 Å². The third kappa shape index (κ3) is 4.30. The number of rotatable bonds is 4. The second-order valence-electron chi connectivity index (χ2n) is 8.21. The SMILES string of the molecule is Cc1ccc(N2C(=O)/C(=C/c3ccc(N(C)C)cc3)C(=O)N(c3ccccc3)C2=S)cc1C. The van der Waals surface area contributed by atoms with Crippen molar-refractivity contribution in [3.8, 4) is 0 Å². The first-order valence-corrected chi connectivity index (χ1v) is 11.0. The van der Waals surface area contributed by atoms with Crippen molar-refractivity contribution < 1.29 is 9.59 Å². The molecule has 3 aromatic carbocycles. The summed E-state index contributed by atoms with van der Waals surface area (Å²) >= 11 is 5.68. The average molecular weight is 456 g/mol. The molecule has 0 spiro atoms. The fourth-order valence-corrected chi connectivity index (χ4v) is 4.04. The molecular weight excluding hydrogens is 430 g/mol. The Hall–Kier alpha value is -3.77. The predicted molar refractivity (Wildman–Crippen MR) is 139 cm³/mol. The minimum atomic E-state index is -0.437. The van der Waals surface area contributed by atoms with E-state index in [1.165, 1.54) is 9.80 Å². The molecule has 2 amide bonds. The molecule has 0 aliphatic carbocycles. The molecule has 0 unspecified atom stereocenters. The van der Waals surface area contributed by atoms with Crippen LogP contribution in [0.1, 0.15) is 16.7 Å². The number of amides is 2. The average Bonchev–Trinajstić information content (AvgIpc) is 2.80. The summed E-state index contributed by atoms with van der Waals surface area (Å²) in [5, 5.41) is 0.138. The number of benzene rings is 3. The molecule has 3 aromatic rings. The molecule has 1 aliphatic heterocycles. The number of carbonyl (C=O) groups excluding carboxylic acids is 2. The van der Waals surface area contributed by atoms with E-state index < -0.39 is 11.8 Å². The van der Waals surface area contributed by atoms with Gasteiger partial charge in [0.15, 0.2) is 5.11 Å². The van der Waals surface area contributed by atoms with Crippen LogP contribution in [0.4, 0.5) is 17.1 Å². The van der Waals surface area contributed by atoms with Gasteiger partial charge in [-0.2, -0.15) is 0 Å². The number of para-hydroxylation sites is 1. The van der Waals surface area contributed by atoms with Gasteiger partial charge in [-0.3, -0.25) is 19.4 Å². The molecule has 5 nitrogen and oxygen atoms in total. The zero-order valence-electron chi connectivity index (χ0n) is 19.1. The molecule has 0 N–H and O–H groups in total. The number of hydrogen-bond donors (Lipinski definition) is 0. The first-order valence-electron chi connectivity index (χ1n) is 10.6. The quantitative estimate of drug-likeness (QED) is 0.311. The summed E-state index contributed by atoms with van der Waals surface area (Å²) in [5.74, 6) is -0.870. The number of thiocarbonyl (C=S) groups is 1. The summed E-state index contributed by atoms with van der Waals surface area (Å²) in [7, 11) is 3.92. The van der Waals surface area contributed by atoms with E-state index in [2.05, 4.69) is 0 Å². The number of carbonyl (C=O) groups is 2. The number of aryl methyl sites for hydroxylation is 2. The van der Waals surface area contributed by atoms with Crippen molar-refractivity contribution in [1.82, 2.24) is 0 Å². The number of nitrogens with zero attached hydrogens (tertiary/aromatic N) is 3. The van der Waals surface area contributed by atoms with Crippen LogP contribution in [-0.4, -0.2) is 31.0 Å². The maximum atomic E-state index is 13.6. The van der Waals surface area contributed by atoms with E-state index in [1.54, 1.807) is 6.08 Å². The Kier molecular flexibility index (Phi) is 6.11. The van der Waals surface area contributed by atoms with Gasteiger partial charge in [-0.25, -0.2) is 0 Å². The lowest BCUT2D eigenvalue weighted by Crippen LogP contribution is -2.57. The number of hydrogen-bond acceptors (Lipinski definition) is 4. The van der Waals surface area contributed by atoms with Gasteiger partial charge < -0.3 is 4.90 Å². The molecule has 0 saturated carbocycles. The van der Waals surface area contributed by atoms with Crippen LogP contribution < -0.4 is 14.7 Å². The van der Waals surface area contributed by atoms with Crippen molar-refractivity contribution in [3.05, 3.63) is 95.1 Å². The van der Waals surface area contributed by atoms with Gasteiger partial charge in [0, 0.05) is 19.8 Å². The van der Waals surface area contributed by atoms with Gasteiger partial charge >= 0.3 is 0 Å². The van der Waals surface area contributed by atoms with Gasteiger partial charge in [-0.1, -0.05) is 36.4 Å². The summed E-state index contributed by atoms with van der Waals surface area (Å²) in [6.45, 7) is 4.00. The molecule has 0 bridgehead atoms. The summed E-state index contributed by atoms with van der Waals surface area (Å²) in [6.07, 6.45) is 1.63. The van der Waals surface area contributed by atoms with E-state index in [9.17, 15) is 9.59 Å². The Morgan fingerprint density at radius 1 is 0.758 bits per heavy atom. The first-order chi connectivity index (χ1) is 15.8. The second kappa shape index (κ2) is 9.00. The molecule has 1 saturated heterocycles. The maximum absolute atomic E-state index is 13.6. The van der Waals surface area contributed by atoms with Crippen molar-refractivity contribution in [2.24, 2.45) is 0 Å². The summed E-state index contributed by atoms with van der Waals surface area (Å²) in [5.41, 5.74) is 5.25. The standard InChI is InChI=1S/C27H25N3O2S/c1-18-10-13-23(16-19(18)2)30-26(32)24(17-20-11-14-21(15-12-20)28(3)4)25(31)29(27(30)33)22-8-6-5-7-9-22/h5-17H,1-4H3/b24-17+. The van der Waals surface area contributed by atoms with E-state index >= 15 is 0 Å². The minimum absolute atomic E-state index is 0.0586. The highest BCUT2D eigenvalue weighted by Gasteiger charge is 2.41. The number of anilines is 3. The molecule has 4 rings (SSSR count). The molecule has 1 heterocycles. The monoisotopic (exact) mass is 455 g/mol. The highest BCUT2D eigenvalue weighted by atomic mass is 32.1. The molecule has 33 heavy (non-hydrogen) atoms. The van der Waals surface area contributed by atoms with Crippen molar-refractivity contribution >= 4 is 52.3 Å². The molecule has 0 radical (unpaired) electrons. The van der Waals surface area contributed by atoms with Crippen molar-refractivity contribution in [1.29, 1.82) is 0 Å². The highest BCUT2D eigenvalue weighted by Crippen LogP contribution is 2.31. The van der Waals surface area contributed by atoms with E-state index in [4.69, 9.17) is 12.2 Å². The van der Waals surface area contributed by atoms with E-state index in [1.807, 2.05) is 106 Å². The lowest BCUT2D eigenvalue weighted by atomic mass is 10.0. The Bertz CT molecular complexity index is 1260. The maximum Gasteiger partial charge on any atom is 0.270 e. The third-order valence-electron chi connectivity index (χ3n) is 5.73. The Morgan fingerprint density at radius 3 is 1.94 bits per heavy atom. The summed E-state index contributed by atoms with van der Waals surface area (Å²) in [6, 6.07) is 22.6. The minimum Gasteiger partial charge on any atom is -0.378 e. The van der Waals surface area contributed by atoms with Crippen LogP contribution in [0.3, 0.4) is 0 Å². The zero-order chi connectivity index (χ0) is 23.7. The predicted octanol–water partition coefficient (Wildman–Crippen LogP) is 5.12. The van der Waals surface area contributed by atoms with Crippen molar-refractivity contribution in [3.63, 3.8) is 0 Å². The fraction of sp³-hybridized carbons (Fsp3) is 0.148. The first kappa shape index (κ1) is 22.4. The second-order valence-corrected chi connectivity index (χ2v) is 8.58. The van der Waals surface area contributed by atoms with Crippen LogP contribution in [-0.2, 0) is 9.59 Å². The normalized spacial score (nSPS) is 15.4. The Balaban J connectivity index is 1.84. The fourth-order valence-electron chi connectivity index (χ4n) is 3.66. The van der Waals surface area contributed by atoms with E-state index in [-0.39, 0.29) is 10.7 Å². The topological polar surface area (TPSA) is 43.9 Å². The van der Waals surface area contributed by atoms with E-state index in [0.29, 0.717) is 11.4 Å². The van der Waals surface area contributed by atoms with Crippen LogP contribution >= 0.6 is 12.2 Å². The lowest BCUT2D eigenvalue weighted by Gasteiger charge is -2.36. The molecule has 1 fully saturated rings. The largest absolute Gasteiger partial charge is 0.378 e. The molecule has 0 atom stereocenters. The highest BCUT2D eigenvalue weighted by molar-refractivity contribution is 7.81. The Labute approximate surface area is 199 Å². The third-order valence-corrected chi connectivity index (χ3v) is 6.10. The van der Waals surface area contributed by atoms with Crippen LogP contribution in [0.2, 0.25) is 0 Å². The summed E-state index contributed by atoms with van der Waals surface area (Å²) < 4.78 is 0. The van der Waals surface area contributed by atoms with Crippen LogP contribution in [0.25, 0.3) is 6.08 Å². The van der Waals surface area contributed by atoms with Gasteiger partial charge in [0.2, 0.25) is 0 Å². The molecular formula is C27H25N3O2S. The van der Waals surface area contributed by atoms with Crippen LogP contribution in [0, 0.1) is 13.8 Å². The molecule has 1 aliphatic rings. The van der Waals surface area contributed by atoms with Gasteiger partial charge in [-0.15, -0.1) is 0 Å². The van der Waals surface area contributed by atoms with E-state index in [0.717, 1.165) is 22.4 Å².